The Kier molecular flexibility index (Phi) is 6.22. The van der Waals surface area contributed by atoms with Gasteiger partial charge in [-0.3, -0.25) is 4.79 Å². The number of amides is 1. The predicted octanol–water partition coefficient (Wildman–Crippen LogP) is 2.93. The number of unbranched alkanes of at least 4 members (excludes halogenated alkanes) is 1. The van der Waals surface area contributed by atoms with Gasteiger partial charge in [0, 0.05) is 11.2 Å². The maximum Gasteiger partial charge on any atom is 0.277 e. The zero-order valence-corrected chi connectivity index (χ0v) is 11.3. The van der Waals surface area contributed by atoms with Crippen LogP contribution < -0.4 is 10.2 Å². The number of carbonyl (C=O) groups is 1. The van der Waals surface area contributed by atoms with Crippen LogP contribution in [0.15, 0.2) is 23.3 Å². The maximum absolute atomic E-state index is 11.4. The van der Waals surface area contributed by atoms with Crippen molar-refractivity contribution in [2.75, 3.05) is 6.61 Å². The summed E-state index contributed by atoms with van der Waals surface area (Å²) in [7, 11) is 0. The largest absolute Gasteiger partial charge is 0.483 e. The second-order valence-corrected chi connectivity index (χ2v) is 4.27. The lowest BCUT2D eigenvalue weighted by atomic mass is 10.2. The van der Waals surface area contributed by atoms with E-state index < -0.39 is 0 Å². The van der Waals surface area contributed by atoms with E-state index in [1.165, 1.54) is 0 Å². The molecule has 1 rings (SSSR count). The van der Waals surface area contributed by atoms with Gasteiger partial charge >= 0.3 is 0 Å². The smallest absolute Gasteiger partial charge is 0.277 e. The molecule has 0 radical (unpaired) electrons. The van der Waals surface area contributed by atoms with Crippen molar-refractivity contribution in [3.63, 3.8) is 0 Å². The van der Waals surface area contributed by atoms with Gasteiger partial charge < -0.3 is 4.74 Å². The van der Waals surface area contributed by atoms with E-state index in [1.807, 2.05) is 13.8 Å². The number of aryl methyl sites for hydroxylation is 1. The highest BCUT2D eigenvalue weighted by molar-refractivity contribution is 6.30. The van der Waals surface area contributed by atoms with Gasteiger partial charge in [-0.25, -0.2) is 5.43 Å². The molecule has 1 amide bonds. The molecule has 0 atom stereocenters. The summed E-state index contributed by atoms with van der Waals surface area (Å²) in [6.07, 6.45) is 3.52. The van der Waals surface area contributed by atoms with E-state index in [0.717, 1.165) is 18.4 Å². The summed E-state index contributed by atoms with van der Waals surface area (Å²) in [6.45, 7) is 3.85. The number of benzene rings is 1. The Bertz CT molecular complexity index is 433. The molecule has 98 valence electrons. The summed E-state index contributed by atoms with van der Waals surface area (Å²) in [4.78, 5) is 11.4. The zero-order valence-electron chi connectivity index (χ0n) is 10.6. The molecule has 0 heterocycles. The zero-order chi connectivity index (χ0) is 13.4. The maximum atomic E-state index is 11.4. The molecule has 0 bridgehead atoms. The van der Waals surface area contributed by atoms with E-state index in [0.29, 0.717) is 10.8 Å². The van der Waals surface area contributed by atoms with E-state index in [4.69, 9.17) is 16.3 Å². The molecular formula is C13H17ClN2O2. The fourth-order valence-electron chi connectivity index (χ4n) is 1.26. The van der Waals surface area contributed by atoms with Crippen LogP contribution in [-0.4, -0.2) is 18.7 Å². The third-order valence-corrected chi connectivity index (χ3v) is 2.43. The number of hydrogen-bond acceptors (Lipinski definition) is 3. The van der Waals surface area contributed by atoms with E-state index >= 15 is 0 Å². The van der Waals surface area contributed by atoms with Crippen LogP contribution in [0, 0.1) is 6.92 Å². The van der Waals surface area contributed by atoms with Gasteiger partial charge in [0.15, 0.2) is 6.61 Å². The van der Waals surface area contributed by atoms with Crippen molar-refractivity contribution in [3.05, 3.63) is 28.8 Å². The van der Waals surface area contributed by atoms with E-state index in [1.54, 1.807) is 24.4 Å². The standard InChI is InChI=1S/C13H17ClN2O2/c1-3-4-7-15-16-13(17)9-18-12-6-5-11(14)8-10(12)2/h5-8H,3-4,9H2,1-2H3,(H,16,17)/b15-7+. The monoisotopic (exact) mass is 268 g/mol. The summed E-state index contributed by atoms with van der Waals surface area (Å²) < 4.78 is 5.37. The van der Waals surface area contributed by atoms with Crippen molar-refractivity contribution in [1.29, 1.82) is 0 Å². The Balaban J connectivity index is 2.38. The Labute approximate surface area is 112 Å². The molecule has 0 fully saturated rings. The average molecular weight is 269 g/mol. The quantitative estimate of drug-likeness (QED) is 0.637. The van der Waals surface area contributed by atoms with Crippen LogP contribution in [0.4, 0.5) is 0 Å². The molecule has 0 aliphatic rings. The molecule has 0 saturated heterocycles. The first-order valence-corrected chi connectivity index (χ1v) is 6.20. The lowest BCUT2D eigenvalue weighted by Crippen LogP contribution is -2.24. The minimum absolute atomic E-state index is 0.0636. The second-order valence-electron chi connectivity index (χ2n) is 3.83. The normalized spacial score (nSPS) is 10.6. The minimum Gasteiger partial charge on any atom is -0.483 e. The van der Waals surface area contributed by atoms with Crippen LogP contribution in [0.5, 0.6) is 5.75 Å². The van der Waals surface area contributed by atoms with Crippen molar-refractivity contribution in [1.82, 2.24) is 5.43 Å². The number of nitrogens with zero attached hydrogens (tertiary/aromatic N) is 1. The number of carbonyl (C=O) groups excluding carboxylic acids is 1. The summed E-state index contributed by atoms with van der Waals surface area (Å²) in [5.74, 6) is 0.365. The minimum atomic E-state index is -0.281. The summed E-state index contributed by atoms with van der Waals surface area (Å²) in [5, 5.41) is 4.43. The van der Waals surface area contributed by atoms with Crippen LogP contribution in [0.1, 0.15) is 25.3 Å². The number of halogens is 1. The van der Waals surface area contributed by atoms with Gasteiger partial charge in [0.1, 0.15) is 5.75 Å². The number of ether oxygens (including phenoxy) is 1. The van der Waals surface area contributed by atoms with Gasteiger partial charge in [0.2, 0.25) is 0 Å². The molecular weight excluding hydrogens is 252 g/mol. The number of hydrogen-bond donors (Lipinski definition) is 1. The molecule has 0 spiro atoms. The van der Waals surface area contributed by atoms with Gasteiger partial charge in [-0.2, -0.15) is 5.10 Å². The number of nitrogens with one attached hydrogen (secondary N) is 1. The molecule has 0 aliphatic heterocycles. The molecule has 18 heavy (non-hydrogen) atoms. The van der Waals surface area contributed by atoms with Crippen LogP contribution in [0.3, 0.4) is 0 Å². The van der Waals surface area contributed by atoms with Gasteiger partial charge in [-0.05, 0) is 37.1 Å². The highest BCUT2D eigenvalue weighted by Gasteiger charge is 2.04. The summed E-state index contributed by atoms with van der Waals surface area (Å²) >= 11 is 5.82. The number of hydrazone groups is 1. The average Bonchev–Trinajstić information content (AvgIpc) is 2.33. The van der Waals surface area contributed by atoms with Gasteiger partial charge in [-0.15, -0.1) is 0 Å². The van der Waals surface area contributed by atoms with Crippen molar-refractivity contribution in [2.24, 2.45) is 5.10 Å². The molecule has 0 saturated carbocycles. The predicted molar refractivity (Wildman–Crippen MR) is 73.2 cm³/mol. The van der Waals surface area contributed by atoms with Crippen molar-refractivity contribution < 1.29 is 9.53 Å². The third-order valence-electron chi connectivity index (χ3n) is 2.19. The summed E-state index contributed by atoms with van der Waals surface area (Å²) in [6, 6.07) is 5.25. The molecule has 5 heteroatoms. The lowest BCUT2D eigenvalue weighted by molar-refractivity contribution is -0.123. The molecule has 1 aromatic rings. The highest BCUT2D eigenvalue weighted by Crippen LogP contribution is 2.21. The Hall–Kier alpha value is -1.55. The van der Waals surface area contributed by atoms with E-state index in [-0.39, 0.29) is 12.5 Å². The first kappa shape index (κ1) is 14.5. The Morgan fingerprint density at radius 1 is 1.56 bits per heavy atom. The van der Waals surface area contributed by atoms with Crippen LogP contribution >= 0.6 is 11.6 Å². The molecule has 1 aromatic carbocycles. The van der Waals surface area contributed by atoms with Crippen molar-refractivity contribution in [3.8, 4) is 5.75 Å². The Morgan fingerprint density at radius 3 is 3.00 bits per heavy atom. The number of rotatable bonds is 6. The SMILES string of the molecule is CCC/C=N/NC(=O)COc1ccc(Cl)cc1C. The summed E-state index contributed by atoms with van der Waals surface area (Å²) in [5.41, 5.74) is 3.29. The highest BCUT2D eigenvalue weighted by atomic mass is 35.5. The second kappa shape index (κ2) is 7.71. The fraction of sp³-hybridized carbons (Fsp3) is 0.385. The van der Waals surface area contributed by atoms with Gasteiger partial charge in [0.05, 0.1) is 0 Å². The molecule has 4 nitrogen and oxygen atoms in total. The van der Waals surface area contributed by atoms with Gasteiger partial charge in [-0.1, -0.05) is 24.9 Å². The fourth-order valence-corrected chi connectivity index (χ4v) is 1.49. The van der Waals surface area contributed by atoms with Crippen molar-refractivity contribution >= 4 is 23.7 Å². The van der Waals surface area contributed by atoms with Crippen molar-refractivity contribution in [2.45, 2.75) is 26.7 Å². The van der Waals surface area contributed by atoms with E-state index in [9.17, 15) is 4.79 Å². The van der Waals surface area contributed by atoms with E-state index in [2.05, 4.69) is 10.5 Å². The van der Waals surface area contributed by atoms with Crippen LogP contribution in [-0.2, 0) is 4.79 Å². The molecule has 0 aromatic heterocycles. The van der Waals surface area contributed by atoms with Crippen LogP contribution in [0.2, 0.25) is 5.02 Å². The molecule has 1 N–H and O–H groups in total. The third kappa shape index (κ3) is 5.19. The van der Waals surface area contributed by atoms with Gasteiger partial charge in [0.25, 0.3) is 5.91 Å². The first-order valence-electron chi connectivity index (χ1n) is 5.82. The molecule has 0 unspecified atom stereocenters. The Morgan fingerprint density at radius 2 is 2.33 bits per heavy atom. The van der Waals surface area contributed by atoms with Crippen LogP contribution in [0.25, 0.3) is 0 Å². The first-order chi connectivity index (χ1) is 8.63. The lowest BCUT2D eigenvalue weighted by Gasteiger charge is -2.08. The topological polar surface area (TPSA) is 50.7 Å². The molecule has 0 aliphatic carbocycles.